The second-order valence-electron chi connectivity index (χ2n) is 8.15. The molecule has 1 aliphatic heterocycles. The maximum atomic E-state index is 12.7. The van der Waals surface area contributed by atoms with Gasteiger partial charge in [0.15, 0.2) is 0 Å². The number of halogens is 1. The Hall–Kier alpha value is -1.93. The molecule has 0 aromatic heterocycles. The number of amides is 1. The van der Waals surface area contributed by atoms with E-state index in [1.165, 1.54) is 4.31 Å². The average Bonchev–Trinajstić information content (AvgIpc) is 2.76. The van der Waals surface area contributed by atoms with Crippen molar-refractivity contribution >= 4 is 27.5 Å². The summed E-state index contributed by atoms with van der Waals surface area (Å²) in [6, 6.07) is 14.5. The van der Waals surface area contributed by atoms with Gasteiger partial charge >= 0.3 is 0 Å². The number of hydrogen-bond acceptors (Lipinski definition) is 4. The molecule has 1 N–H and O–H groups in total. The number of hydrogen-bond donors (Lipinski definition) is 1. The van der Waals surface area contributed by atoms with Crippen LogP contribution in [0, 0.1) is 0 Å². The zero-order valence-corrected chi connectivity index (χ0v) is 18.9. The van der Waals surface area contributed by atoms with Gasteiger partial charge in [0.05, 0.1) is 23.6 Å². The summed E-state index contributed by atoms with van der Waals surface area (Å²) in [5.41, 5.74) is 1.73. The fourth-order valence-corrected chi connectivity index (χ4v) is 5.67. The Bertz CT molecular complexity index is 1010. The zero-order chi connectivity index (χ0) is 21.9. The minimum absolute atomic E-state index is 0.000310. The van der Waals surface area contributed by atoms with E-state index in [0.717, 1.165) is 30.4 Å². The van der Waals surface area contributed by atoms with Crippen LogP contribution in [0.2, 0.25) is 5.02 Å². The number of nitrogens with zero attached hydrogens (tertiary/aromatic N) is 1. The number of carbonyl (C=O) groups excluding carboxylic acids is 1. The summed E-state index contributed by atoms with van der Waals surface area (Å²) in [4.78, 5) is 12.9. The predicted molar refractivity (Wildman–Crippen MR) is 119 cm³/mol. The number of ether oxygens (including phenoxy) is 1. The first-order valence-corrected chi connectivity index (χ1v) is 12.4. The molecule has 6 nitrogen and oxygen atoms in total. The lowest BCUT2D eigenvalue weighted by atomic mass is 9.71. The van der Waals surface area contributed by atoms with Crippen LogP contribution in [0.1, 0.15) is 36.8 Å². The van der Waals surface area contributed by atoms with Crippen LogP contribution in [0.25, 0.3) is 0 Å². The van der Waals surface area contributed by atoms with Crippen molar-refractivity contribution in [2.45, 2.75) is 42.5 Å². The average molecular weight is 463 g/mol. The van der Waals surface area contributed by atoms with Gasteiger partial charge in [0.1, 0.15) is 0 Å². The van der Waals surface area contributed by atoms with Gasteiger partial charge in [-0.05, 0) is 61.1 Å². The van der Waals surface area contributed by atoms with E-state index in [2.05, 4.69) is 5.32 Å². The van der Waals surface area contributed by atoms with Crippen molar-refractivity contribution in [3.63, 3.8) is 0 Å². The molecule has 0 radical (unpaired) electrons. The van der Waals surface area contributed by atoms with Crippen LogP contribution < -0.4 is 5.32 Å². The Kier molecular flexibility index (Phi) is 6.67. The van der Waals surface area contributed by atoms with E-state index in [9.17, 15) is 13.2 Å². The zero-order valence-electron chi connectivity index (χ0n) is 17.3. The molecule has 2 aromatic rings. The number of carbonyl (C=O) groups is 1. The second kappa shape index (κ2) is 9.28. The first-order valence-electron chi connectivity index (χ1n) is 10.6. The number of benzene rings is 2. The van der Waals surface area contributed by atoms with Crippen LogP contribution in [-0.2, 0) is 31.5 Å². The Labute approximate surface area is 188 Å². The van der Waals surface area contributed by atoms with E-state index in [1.807, 2.05) is 24.3 Å². The van der Waals surface area contributed by atoms with Crippen LogP contribution in [-0.4, -0.2) is 44.9 Å². The Balaban J connectivity index is 1.35. The number of aryl methyl sites for hydroxylation is 1. The quantitative estimate of drug-likeness (QED) is 0.683. The summed E-state index contributed by atoms with van der Waals surface area (Å²) in [6.45, 7) is 1.59. The molecule has 2 fully saturated rings. The lowest BCUT2D eigenvalue weighted by Gasteiger charge is -2.43. The van der Waals surface area contributed by atoms with Gasteiger partial charge in [0.25, 0.3) is 0 Å². The van der Waals surface area contributed by atoms with Gasteiger partial charge in [-0.25, -0.2) is 8.42 Å². The van der Waals surface area contributed by atoms with Gasteiger partial charge in [-0.3, -0.25) is 4.79 Å². The molecule has 4 rings (SSSR count). The lowest BCUT2D eigenvalue weighted by molar-refractivity contribution is -0.124. The molecule has 166 valence electrons. The summed E-state index contributed by atoms with van der Waals surface area (Å²) < 4.78 is 32.1. The highest BCUT2D eigenvalue weighted by molar-refractivity contribution is 7.89. The Morgan fingerprint density at radius 2 is 1.68 bits per heavy atom. The summed E-state index contributed by atoms with van der Waals surface area (Å²) in [6.07, 6.45) is 3.84. The molecule has 31 heavy (non-hydrogen) atoms. The van der Waals surface area contributed by atoms with Crippen molar-refractivity contribution in [1.29, 1.82) is 0 Å². The fraction of sp³-hybridized carbons (Fsp3) is 0.435. The first kappa shape index (κ1) is 22.3. The Morgan fingerprint density at radius 3 is 2.26 bits per heavy atom. The molecule has 2 aliphatic rings. The van der Waals surface area contributed by atoms with Crippen LogP contribution in [0.5, 0.6) is 0 Å². The third-order valence-electron chi connectivity index (χ3n) is 6.15. The molecule has 1 saturated heterocycles. The maximum absolute atomic E-state index is 12.7. The van der Waals surface area contributed by atoms with Gasteiger partial charge < -0.3 is 10.1 Å². The van der Waals surface area contributed by atoms with E-state index in [-0.39, 0.29) is 16.3 Å². The molecule has 0 atom stereocenters. The normalized spacial score (nSPS) is 18.9. The third-order valence-corrected chi connectivity index (χ3v) is 8.32. The van der Waals surface area contributed by atoms with Crippen molar-refractivity contribution in [2.75, 3.05) is 26.3 Å². The van der Waals surface area contributed by atoms with E-state index < -0.39 is 10.0 Å². The number of morpholine rings is 1. The SMILES string of the molecule is O=C(CCc1ccc(S(=O)(=O)N2CCOCC2)cc1)NC1(c2ccc(Cl)cc2)CCC1. The monoisotopic (exact) mass is 462 g/mol. The summed E-state index contributed by atoms with van der Waals surface area (Å²) >= 11 is 6.00. The number of rotatable bonds is 7. The standard InChI is InChI=1S/C23H27ClN2O4S/c24-20-7-5-19(6-8-20)23(12-1-13-23)25-22(27)11-4-18-2-9-21(10-3-18)31(28,29)26-14-16-30-17-15-26/h2-3,5-10H,1,4,11-17H2,(H,25,27). The minimum atomic E-state index is -3.50. The summed E-state index contributed by atoms with van der Waals surface area (Å²) in [5, 5.41) is 3.90. The van der Waals surface area contributed by atoms with Crippen LogP contribution >= 0.6 is 11.6 Å². The summed E-state index contributed by atoms with van der Waals surface area (Å²) in [5.74, 6) is -0.000310. The molecule has 0 unspecified atom stereocenters. The number of nitrogens with one attached hydrogen (secondary N) is 1. The largest absolute Gasteiger partial charge is 0.379 e. The van der Waals surface area contributed by atoms with Crippen molar-refractivity contribution in [3.8, 4) is 0 Å². The molecule has 1 heterocycles. The van der Waals surface area contributed by atoms with Gasteiger partial charge in [0.2, 0.25) is 15.9 Å². The van der Waals surface area contributed by atoms with Crippen molar-refractivity contribution in [1.82, 2.24) is 9.62 Å². The molecule has 1 saturated carbocycles. The van der Waals surface area contributed by atoms with Crippen molar-refractivity contribution in [2.24, 2.45) is 0 Å². The molecule has 2 aromatic carbocycles. The topological polar surface area (TPSA) is 75.7 Å². The lowest BCUT2D eigenvalue weighted by Crippen LogP contribution is -2.50. The molecular formula is C23H27ClN2O4S. The fourth-order valence-electron chi connectivity index (χ4n) is 4.14. The number of sulfonamides is 1. The molecule has 1 aliphatic carbocycles. The molecule has 0 spiro atoms. The van der Waals surface area contributed by atoms with Crippen molar-refractivity contribution in [3.05, 3.63) is 64.7 Å². The predicted octanol–water partition coefficient (Wildman–Crippen LogP) is 3.49. The smallest absolute Gasteiger partial charge is 0.243 e. The van der Waals surface area contributed by atoms with Gasteiger partial charge in [0, 0.05) is 24.5 Å². The van der Waals surface area contributed by atoms with E-state index in [0.29, 0.717) is 44.2 Å². The van der Waals surface area contributed by atoms with E-state index in [4.69, 9.17) is 16.3 Å². The van der Waals surface area contributed by atoms with Crippen LogP contribution in [0.4, 0.5) is 0 Å². The first-order chi connectivity index (χ1) is 14.9. The Morgan fingerprint density at radius 1 is 1.03 bits per heavy atom. The van der Waals surface area contributed by atoms with E-state index in [1.54, 1.807) is 24.3 Å². The molecule has 8 heteroatoms. The van der Waals surface area contributed by atoms with Gasteiger partial charge in [-0.1, -0.05) is 35.9 Å². The van der Waals surface area contributed by atoms with Gasteiger partial charge in [-0.2, -0.15) is 4.31 Å². The van der Waals surface area contributed by atoms with Gasteiger partial charge in [-0.15, -0.1) is 0 Å². The third kappa shape index (κ3) is 4.95. The molecular weight excluding hydrogens is 436 g/mol. The molecule has 1 amide bonds. The second-order valence-corrected chi connectivity index (χ2v) is 10.5. The summed E-state index contributed by atoms with van der Waals surface area (Å²) in [7, 11) is -3.50. The maximum Gasteiger partial charge on any atom is 0.243 e. The highest BCUT2D eigenvalue weighted by atomic mass is 35.5. The van der Waals surface area contributed by atoms with Crippen LogP contribution in [0.3, 0.4) is 0 Å². The van der Waals surface area contributed by atoms with Crippen LogP contribution in [0.15, 0.2) is 53.4 Å². The van der Waals surface area contributed by atoms with E-state index >= 15 is 0 Å². The van der Waals surface area contributed by atoms with Crippen molar-refractivity contribution < 1.29 is 17.9 Å². The highest BCUT2D eigenvalue weighted by Crippen LogP contribution is 2.41. The molecule has 0 bridgehead atoms. The highest BCUT2D eigenvalue weighted by Gasteiger charge is 2.39. The minimum Gasteiger partial charge on any atom is -0.379 e.